The number of unbranched alkanes of at least 4 members (excludes halogenated alkanes) is 1. The van der Waals surface area contributed by atoms with Gasteiger partial charge in [0.05, 0.1) is 7.11 Å². The first kappa shape index (κ1) is 11.6. The van der Waals surface area contributed by atoms with Crippen LogP contribution in [0.3, 0.4) is 0 Å². The van der Waals surface area contributed by atoms with Crippen molar-refractivity contribution >= 4 is 5.97 Å². The molecule has 0 saturated carbocycles. The molecule has 82 valence electrons. The minimum atomic E-state index is -0.940. The number of carbonyl (C=O) groups is 1. The Morgan fingerprint density at radius 3 is 2.73 bits per heavy atom. The van der Waals surface area contributed by atoms with Gasteiger partial charge >= 0.3 is 5.97 Å². The zero-order valence-corrected chi connectivity index (χ0v) is 9.12. The monoisotopic (exact) mass is 208 g/mol. The van der Waals surface area contributed by atoms with Crippen molar-refractivity contribution in [1.29, 1.82) is 0 Å². The molecule has 1 rings (SSSR count). The Labute approximate surface area is 89.7 Å². The van der Waals surface area contributed by atoms with Gasteiger partial charge in [-0.3, -0.25) is 0 Å². The summed E-state index contributed by atoms with van der Waals surface area (Å²) in [5, 5.41) is 8.97. The zero-order chi connectivity index (χ0) is 11.3. The van der Waals surface area contributed by atoms with E-state index in [-0.39, 0.29) is 5.56 Å². The van der Waals surface area contributed by atoms with Crippen LogP contribution in [0, 0.1) is 0 Å². The van der Waals surface area contributed by atoms with Gasteiger partial charge in [0.25, 0.3) is 0 Å². The zero-order valence-electron chi connectivity index (χ0n) is 9.12. The van der Waals surface area contributed by atoms with E-state index in [9.17, 15) is 4.79 Å². The maximum absolute atomic E-state index is 10.9. The Bertz CT molecular complexity index is 345. The van der Waals surface area contributed by atoms with Gasteiger partial charge in [-0.15, -0.1) is 0 Å². The average molecular weight is 208 g/mol. The molecule has 3 nitrogen and oxygen atoms in total. The lowest BCUT2D eigenvalue weighted by Gasteiger charge is -2.07. The van der Waals surface area contributed by atoms with Crippen molar-refractivity contribution in [3.63, 3.8) is 0 Å². The number of aromatic carboxylic acids is 1. The van der Waals surface area contributed by atoms with E-state index in [1.165, 1.54) is 7.11 Å². The fraction of sp³-hybridized carbons (Fsp3) is 0.417. The number of ether oxygens (including phenoxy) is 1. The quantitative estimate of drug-likeness (QED) is 0.809. The third-order valence-corrected chi connectivity index (χ3v) is 2.31. The summed E-state index contributed by atoms with van der Waals surface area (Å²) in [6, 6.07) is 5.33. The highest BCUT2D eigenvalue weighted by Gasteiger charge is 2.10. The normalized spacial score (nSPS) is 10.0. The van der Waals surface area contributed by atoms with Crippen LogP contribution >= 0.6 is 0 Å². The topological polar surface area (TPSA) is 46.5 Å². The van der Waals surface area contributed by atoms with Gasteiger partial charge in [0.15, 0.2) is 0 Å². The highest BCUT2D eigenvalue weighted by Crippen LogP contribution is 2.20. The van der Waals surface area contributed by atoms with Crippen LogP contribution in [-0.2, 0) is 6.42 Å². The summed E-state index contributed by atoms with van der Waals surface area (Å²) in [6.45, 7) is 2.11. The molecule has 0 saturated heterocycles. The Balaban J connectivity index is 2.94. The third-order valence-electron chi connectivity index (χ3n) is 2.31. The lowest BCUT2D eigenvalue weighted by atomic mass is 10.0. The van der Waals surface area contributed by atoms with Crippen LogP contribution < -0.4 is 4.74 Å². The van der Waals surface area contributed by atoms with E-state index in [1.807, 2.05) is 6.07 Å². The molecule has 0 radical (unpaired) electrons. The number of benzene rings is 1. The van der Waals surface area contributed by atoms with Crippen LogP contribution in [0.2, 0.25) is 0 Å². The molecule has 0 unspecified atom stereocenters. The second-order valence-corrected chi connectivity index (χ2v) is 3.44. The van der Waals surface area contributed by atoms with Crippen molar-refractivity contribution in [1.82, 2.24) is 0 Å². The van der Waals surface area contributed by atoms with Crippen LogP contribution in [0.1, 0.15) is 35.7 Å². The lowest BCUT2D eigenvalue weighted by Crippen LogP contribution is -2.01. The molecule has 0 aliphatic carbocycles. The molecular formula is C12H16O3. The number of aryl methyl sites for hydroxylation is 1. The van der Waals surface area contributed by atoms with Crippen molar-refractivity contribution in [3.8, 4) is 5.75 Å². The molecule has 1 N–H and O–H groups in total. The molecule has 0 amide bonds. The Kier molecular flexibility index (Phi) is 4.16. The van der Waals surface area contributed by atoms with Gasteiger partial charge in [-0.1, -0.05) is 19.4 Å². The number of methoxy groups -OCH3 is 1. The van der Waals surface area contributed by atoms with Crippen LogP contribution in [0.4, 0.5) is 0 Å². The number of carboxylic acid groups (broad SMARTS) is 1. The Morgan fingerprint density at radius 2 is 2.20 bits per heavy atom. The molecule has 0 heterocycles. The SMILES string of the molecule is CCCCc1ccc(OC)c(C(=O)O)c1. The number of rotatable bonds is 5. The molecule has 0 spiro atoms. The van der Waals surface area contributed by atoms with E-state index in [1.54, 1.807) is 12.1 Å². The molecule has 0 aliphatic heterocycles. The Morgan fingerprint density at radius 1 is 1.47 bits per heavy atom. The summed E-state index contributed by atoms with van der Waals surface area (Å²) < 4.78 is 4.99. The van der Waals surface area contributed by atoms with Crippen LogP contribution in [-0.4, -0.2) is 18.2 Å². The first-order valence-corrected chi connectivity index (χ1v) is 5.09. The highest BCUT2D eigenvalue weighted by atomic mass is 16.5. The molecule has 0 atom stereocenters. The third kappa shape index (κ3) is 2.98. The van der Waals surface area contributed by atoms with Gasteiger partial charge in [0.1, 0.15) is 11.3 Å². The van der Waals surface area contributed by atoms with Crippen LogP contribution in [0.15, 0.2) is 18.2 Å². The van der Waals surface area contributed by atoms with Crippen molar-refractivity contribution in [2.45, 2.75) is 26.2 Å². The molecule has 0 aliphatic rings. The average Bonchev–Trinajstić information content (AvgIpc) is 2.25. The van der Waals surface area contributed by atoms with Gasteiger partial charge < -0.3 is 9.84 Å². The second-order valence-electron chi connectivity index (χ2n) is 3.44. The summed E-state index contributed by atoms with van der Waals surface area (Å²) >= 11 is 0. The van der Waals surface area contributed by atoms with E-state index in [2.05, 4.69) is 6.92 Å². The summed E-state index contributed by atoms with van der Waals surface area (Å²) in [6.07, 6.45) is 3.10. The molecule has 0 fully saturated rings. The van der Waals surface area contributed by atoms with E-state index in [0.717, 1.165) is 24.8 Å². The predicted molar refractivity (Wildman–Crippen MR) is 58.6 cm³/mol. The van der Waals surface area contributed by atoms with Gasteiger partial charge in [0, 0.05) is 0 Å². The summed E-state index contributed by atoms with van der Waals surface area (Å²) in [5.41, 5.74) is 1.29. The minimum absolute atomic E-state index is 0.242. The van der Waals surface area contributed by atoms with Crippen molar-refractivity contribution < 1.29 is 14.6 Å². The molecule has 1 aromatic carbocycles. The van der Waals surface area contributed by atoms with Crippen molar-refractivity contribution in [2.24, 2.45) is 0 Å². The summed E-state index contributed by atoms with van der Waals surface area (Å²) in [4.78, 5) is 10.9. The molecule has 1 aromatic rings. The predicted octanol–water partition coefficient (Wildman–Crippen LogP) is 2.74. The summed E-state index contributed by atoms with van der Waals surface area (Å²) in [5.74, 6) is -0.520. The van der Waals surface area contributed by atoms with Crippen LogP contribution in [0.25, 0.3) is 0 Å². The number of carboxylic acids is 1. The molecule has 0 aromatic heterocycles. The fourth-order valence-electron chi connectivity index (χ4n) is 1.46. The molecule has 0 bridgehead atoms. The van der Waals surface area contributed by atoms with Crippen molar-refractivity contribution in [3.05, 3.63) is 29.3 Å². The standard InChI is InChI=1S/C12H16O3/c1-3-4-5-9-6-7-11(15-2)10(8-9)12(13)14/h6-8H,3-5H2,1-2H3,(H,13,14). The van der Waals surface area contributed by atoms with Gasteiger partial charge in [0.2, 0.25) is 0 Å². The van der Waals surface area contributed by atoms with Crippen LogP contribution in [0.5, 0.6) is 5.75 Å². The van der Waals surface area contributed by atoms with Crippen molar-refractivity contribution in [2.75, 3.05) is 7.11 Å². The first-order valence-electron chi connectivity index (χ1n) is 5.09. The van der Waals surface area contributed by atoms with E-state index in [4.69, 9.17) is 9.84 Å². The smallest absolute Gasteiger partial charge is 0.339 e. The van der Waals surface area contributed by atoms with Gasteiger partial charge in [-0.2, -0.15) is 0 Å². The highest BCUT2D eigenvalue weighted by molar-refractivity contribution is 5.91. The largest absolute Gasteiger partial charge is 0.496 e. The first-order chi connectivity index (χ1) is 7.19. The van der Waals surface area contributed by atoms with E-state index >= 15 is 0 Å². The van der Waals surface area contributed by atoms with Gasteiger partial charge in [-0.25, -0.2) is 4.79 Å². The minimum Gasteiger partial charge on any atom is -0.496 e. The number of hydrogen-bond donors (Lipinski definition) is 1. The second kappa shape index (κ2) is 5.39. The van der Waals surface area contributed by atoms with E-state index < -0.39 is 5.97 Å². The molecule has 15 heavy (non-hydrogen) atoms. The molecular weight excluding hydrogens is 192 g/mol. The lowest BCUT2D eigenvalue weighted by molar-refractivity contribution is 0.0693. The summed E-state index contributed by atoms with van der Waals surface area (Å²) in [7, 11) is 1.48. The molecule has 3 heteroatoms. The maximum Gasteiger partial charge on any atom is 0.339 e. The van der Waals surface area contributed by atoms with E-state index in [0.29, 0.717) is 5.75 Å². The number of hydrogen-bond acceptors (Lipinski definition) is 2. The fourth-order valence-corrected chi connectivity index (χ4v) is 1.46. The maximum atomic E-state index is 10.9. The Hall–Kier alpha value is -1.51. The van der Waals surface area contributed by atoms with Gasteiger partial charge in [-0.05, 0) is 30.5 Å².